The van der Waals surface area contributed by atoms with Gasteiger partial charge >= 0.3 is 5.97 Å². The van der Waals surface area contributed by atoms with Gasteiger partial charge in [0.25, 0.3) is 0 Å². The maximum Gasteiger partial charge on any atom is 0.302 e. The van der Waals surface area contributed by atoms with Crippen LogP contribution >= 0.6 is 0 Å². The molecule has 0 heterocycles. The zero-order valence-corrected chi connectivity index (χ0v) is 25.0. The van der Waals surface area contributed by atoms with Crippen LogP contribution in [0.15, 0.2) is 36.5 Å². The highest BCUT2D eigenvalue weighted by molar-refractivity contribution is 5.65. The van der Waals surface area contributed by atoms with E-state index in [0.717, 1.165) is 38.4 Å². The van der Waals surface area contributed by atoms with Crippen molar-refractivity contribution in [2.45, 2.75) is 162 Å². The number of allylic oxidation sites excluding steroid dienone is 5. The zero-order valence-electron chi connectivity index (χ0n) is 25.0. The molecular formula is C34H62O3. The molecule has 0 rings (SSSR count). The maximum atomic E-state index is 10.6. The van der Waals surface area contributed by atoms with E-state index in [1.165, 1.54) is 116 Å². The standard InChI is InChI=1S/C20H36O2.C14H26O/c1-3-4-5-6-7-8-9-10-11-12-13-14-15-16-17-18-19-22-20(2)21;1-2-3-4-5-6-7-8-9-10-11-12-13-14-15/h6-7,16-17H,3-5,8-15,18-19H2,1-2H3;3-4,14H,2,5-13H2,1H3/b7-6-,17-16+;4-3+. The van der Waals surface area contributed by atoms with Gasteiger partial charge in [0, 0.05) is 13.3 Å². The van der Waals surface area contributed by atoms with Gasteiger partial charge in [-0.15, -0.1) is 0 Å². The summed E-state index contributed by atoms with van der Waals surface area (Å²) in [5, 5.41) is 0. The Morgan fingerprint density at radius 3 is 1.30 bits per heavy atom. The van der Waals surface area contributed by atoms with Crippen LogP contribution in [0.4, 0.5) is 0 Å². The first-order valence-electron chi connectivity index (χ1n) is 15.7. The van der Waals surface area contributed by atoms with E-state index in [9.17, 15) is 9.59 Å². The molecule has 0 bridgehead atoms. The van der Waals surface area contributed by atoms with Gasteiger partial charge in [0.05, 0.1) is 6.61 Å². The van der Waals surface area contributed by atoms with Crippen molar-refractivity contribution >= 4 is 12.3 Å². The normalized spacial score (nSPS) is 11.3. The van der Waals surface area contributed by atoms with Crippen molar-refractivity contribution in [1.29, 1.82) is 0 Å². The summed E-state index contributed by atoms with van der Waals surface area (Å²) in [7, 11) is 0. The van der Waals surface area contributed by atoms with Crippen molar-refractivity contribution in [3.8, 4) is 0 Å². The molecule has 0 aliphatic carbocycles. The minimum atomic E-state index is -0.190. The topological polar surface area (TPSA) is 43.4 Å². The Hall–Kier alpha value is -1.64. The molecule has 0 aromatic carbocycles. The van der Waals surface area contributed by atoms with E-state index in [4.69, 9.17) is 4.74 Å². The molecular weight excluding hydrogens is 456 g/mol. The van der Waals surface area contributed by atoms with E-state index in [-0.39, 0.29) is 5.97 Å². The first-order chi connectivity index (χ1) is 18.2. The van der Waals surface area contributed by atoms with Crippen molar-refractivity contribution in [1.82, 2.24) is 0 Å². The second kappa shape index (κ2) is 36.5. The molecule has 0 saturated heterocycles. The molecule has 0 unspecified atom stereocenters. The number of rotatable bonds is 26. The van der Waals surface area contributed by atoms with Crippen LogP contribution in [0, 0.1) is 0 Å². The predicted molar refractivity (Wildman–Crippen MR) is 163 cm³/mol. The van der Waals surface area contributed by atoms with Crippen LogP contribution in [0.3, 0.4) is 0 Å². The van der Waals surface area contributed by atoms with Crippen molar-refractivity contribution in [3.05, 3.63) is 36.5 Å². The Morgan fingerprint density at radius 2 is 0.892 bits per heavy atom. The van der Waals surface area contributed by atoms with Crippen LogP contribution in [0.5, 0.6) is 0 Å². The van der Waals surface area contributed by atoms with Gasteiger partial charge in [0.1, 0.15) is 6.29 Å². The number of carbonyl (C=O) groups excluding carboxylic acids is 2. The molecule has 0 N–H and O–H groups in total. The van der Waals surface area contributed by atoms with E-state index in [1.54, 1.807) is 0 Å². The molecule has 0 radical (unpaired) electrons. The SMILES string of the molecule is CC/C=C/CCCCCCCCCC=O.CCCC/C=C\CCCCCCCC/C=C/CCOC(C)=O. The van der Waals surface area contributed by atoms with Crippen LogP contribution in [0.2, 0.25) is 0 Å². The van der Waals surface area contributed by atoms with Gasteiger partial charge < -0.3 is 9.53 Å². The van der Waals surface area contributed by atoms with Gasteiger partial charge in [-0.3, -0.25) is 4.79 Å². The lowest BCUT2D eigenvalue weighted by Gasteiger charge is -2.00. The molecule has 0 aromatic rings. The molecule has 3 heteroatoms. The molecule has 0 aliphatic rings. The van der Waals surface area contributed by atoms with E-state index >= 15 is 0 Å². The summed E-state index contributed by atoms with van der Waals surface area (Å²) in [6.45, 7) is 6.38. The molecule has 0 spiro atoms. The summed E-state index contributed by atoms with van der Waals surface area (Å²) in [6, 6.07) is 0. The second-order valence-corrected chi connectivity index (χ2v) is 10.0. The van der Waals surface area contributed by atoms with Crippen molar-refractivity contribution in [2.24, 2.45) is 0 Å². The van der Waals surface area contributed by atoms with Crippen molar-refractivity contribution in [3.63, 3.8) is 0 Å². The molecule has 0 fully saturated rings. The Kier molecular flexibility index (Phi) is 37.0. The van der Waals surface area contributed by atoms with E-state index < -0.39 is 0 Å². The zero-order chi connectivity index (χ0) is 27.5. The molecule has 0 saturated carbocycles. The molecule has 3 nitrogen and oxygen atoms in total. The minimum absolute atomic E-state index is 0.190. The second-order valence-electron chi connectivity index (χ2n) is 10.0. The number of unbranched alkanes of at least 4 members (excludes halogenated alkanes) is 17. The molecule has 216 valence electrons. The number of hydrogen-bond donors (Lipinski definition) is 0. The first-order valence-corrected chi connectivity index (χ1v) is 15.7. The van der Waals surface area contributed by atoms with Crippen LogP contribution in [0.1, 0.15) is 162 Å². The summed E-state index contributed by atoms with van der Waals surface area (Å²) < 4.78 is 4.87. The van der Waals surface area contributed by atoms with Gasteiger partial charge in [-0.1, -0.05) is 121 Å². The van der Waals surface area contributed by atoms with Crippen molar-refractivity contribution < 1.29 is 14.3 Å². The fraction of sp³-hybridized carbons (Fsp3) is 0.765. The number of hydrogen-bond acceptors (Lipinski definition) is 3. The van der Waals surface area contributed by atoms with Crippen molar-refractivity contribution in [2.75, 3.05) is 6.61 Å². The van der Waals surface area contributed by atoms with Gasteiger partial charge in [-0.25, -0.2) is 0 Å². The quantitative estimate of drug-likeness (QED) is 0.0495. The lowest BCUT2D eigenvalue weighted by molar-refractivity contribution is -0.140. The summed E-state index contributed by atoms with van der Waals surface area (Å²) in [5.41, 5.74) is 0. The summed E-state index contributed by atoms with van der Waals surface area (Å²) in [4.78, 5) is 20.6. The molecule has 0 atom stereocenters. The number of esters is 1. The van der Waals surface area contributed by atoms with Crippen LogP contribution in [-0.2, 0) is 14.3 Å². The Labute approximate surface area is 231 Å². The summed E-state index contributed by atoms with van der Waals surface area (Å²) in [6.07, 6.45) is 42.0. The van der Waals surface area contributed by atoms with Crippen LogP contribution in [-0.4, -0.2) is 18.9 Å². The lowest BCUT2D eigenvalue weighted by Crippen LogP contribution is -1.98. The average Bonchev–Trinajstić information content (AvgIpc) is 2.89. The molecule has 37 heavy (non-hydrogen) atoms. The fourth-order valence-corrected chi connectivity index (χ4v) is 3.95. The summed E-state index contributed by atoms with van der Waals surface area (Å²) in [5.74, 6) is -0.190. The predicted octanol–water partition coefficient (Wildman–Crippen LogP) is 11.0. The third-order valence-electron chi connectivity index (χ3n) is 6.23. The lowest BCUT2D eigenvalue weighted by atomic mass is 10.1. The Bertz CT molecular complexity index is 533. The maximum absolute atomic E-state index is 10.6. The highest BCUT2D eigenvalue weighted by atomic mass is 16.5. The van der Waals surface area contributed by atoms with Crippen LogP contribution in [0.25, 0.3) is 0 Å². The molecule has 0 amide bonds. The number of carbonyl (C=O) groups is 2. The number of aldehydes is 1. The van der Waals surface area contributed by atoms with E-state index in [2.05, 4.69) is 50.3 Å². The molecule has 0 aromatic heterocycles. The Morgan fingerprint density at radius 1 is 0.514 bits per heavy atom. The monoisotopic (exact) mass is 518 g/mol. The average molecular weight is 519 g/mol. The molecule has 0 aliphatic heterocycles. The number of ether oxygens (including phenoxy) is 1. The van der Waals surface area contributed by atoms with Crippen LogP contribution < -0.4 is 0 Å². The highest BCUT2D eigenvalue weighted by Crippen LogP contribution is 2.10. The minimum Gasteiger partial charge on any atom is -0.466 e. The van der Waals surface area contributed by atoms with E-state index in [0.29, 0.717) is 6.61 Å². The highest BCUT2D eigenvalue weighted by Gasteiger charge is 1.92. The van der Waals surface area contributed by atoms with Gasteiger partial charge in [0.15, 0.2) is 0 Å². The third-order valence-corrected chi connectivity index (χ3v) is 6.23. The van der Waals surface area contributed by atoms with Gasteiger partial charge in [-0.2, -0.15) is 0 Å². The van der Waals surface area contributed by atoms with E-state index in [1.807, 2.05) is 0 Å². The largest absolute Gasteiger partial charge is 0.466 e. The summed E-state index contributed by atoms with van der Waals surface area (Å²) >= 11 is 0. The smallest absolute Gasteiger partial charge is 0.302 e. The fourth-order valence-electron chi connectivity index (χ4n) is 3.95. The third kappa shape index (κ3) is 41.7. The van der Waals surface area contributed by atoms with Gasteiger partial charge in [-0.05, 0) is 64.2 Å². The Balaban J connectivity index is 0. The van der Waals surface area contributed by atoms with Gasteiger partial charge in [0.2, 0.25) is 0 Å². The first kappa shape index (κ1) is 37.5.